The normalized spacial score (nSPS) is 17.7. The number of rotatable bonds is 4. The molecule has 1 atom stereocenters. The topological polar surface area (TPSA) is 62.9 Å². The molecule has 1 saturated heterocycles. The van der Waals surface area contributed by atoms with Crippen molar-refractivity contribution >= 4 is 11.0 Å². The van der Waals surface area contributed by atoms with E-state index in [2.05, 4.69) is 11.8 Å². The van der Waals surface area contributed by atoms with E-state index in [1.165, 1.54) is 25.7 Å². The first kappa shape index (κ1) is 18.6. The minimum Gasteiger partial charge on any atom is -0.507 e. The number of phenolic OH excluding ortho intramolecular Hbond substituents is 1. The molecule has 28 heavy (non-hydrogen) atoms. The van der Waals surface area contributed by atoms with E-state index in [-0.39, 0.29) is 11.2 Å². The highest BCUT2D eigenvalue weighted by Crippen LogP contribution is 2.37. The molecule has 1 fully saturated rings. The van der Waals surface area contributed by atoms with Crippen molar-refractivity contribution in [3.8, 4) is 22.8 Å². The molecule has 1 aliphatic heterocycles. The van der Waals surface area contributed by atoms with Gasteiger partial charge in [-0.1, -0.05) is 36.8 Å². The molecule has 1 N–H and O–H groups in total. The number of aromatic hydroxyl groups is 1. The molecule has 0 radical (unpaired) electrons. The number of piperidine rings is 1. The molecule has 2 aromatic carbocycles. The molecule has 5 nitrogen and oxygen atoms in total. The molecule has 0 saturated carbocycles. The fourth-order valence-corrected chi connectivity index (χ4v) is 3.99. The zero-order chi connectivity index (χ0) is 19.7. The van der Waals surface area contributed by atoms with Crippen LogP contribution >= 0.6 is 0 Å². The predicted octanol–water partition coefficient (Wildman–Crippen LogP) is 4.55. The highest BCUT2D eigenvalue weighted by atomic mass is 16.5. The average molecular weight is 379 g/mol. The summed E-state index contributed by atoms with van der Waals surface area (Å²) in [5.74, 6) is 0.908. The molecule has 5 heteroatoms. The van der Waals surface area contributed by atoms with Gasteiger partial charge in [0.2, 0.25) is 0 Å². The van der Waals surface area contributed by atoms with Crippen LogP contribution in [0.2, 0.25) is 0 Å². The van der Waals surface area contributed by atoms with E-state index in [4.69, 9.17) is 9.15 Å². The molecule has 3 aromatic rings. The Labute approximate surface area is 164 Å². The van der Waals surface area contributed by atoms with Crippen molar-refractivity contribution in [3.63, 3.8) is 0 Å². The minimum absolute atomic E-state index is 0.0930. The second-order valence-corrected chi connectivity index (χ2v) is 7.44. The lowest BCUT2D eigenvalue weighted by Crippen LogP contribution is -2.36. The molecule has 0 aliphatic carbocycles. The number of hydrogen-bond donors (Lipinski definition) is 1. The highest BCUT2D eigenvalue weighted by molar-refractivity contribution is 5.89. The minimum atomic E-state index is -0.176. The maximum Gasteiger partial charge on any atom is 0.197 e. The third kappa shape index (κ3) is 3.38. The van der Waals surface area contributed by atoms with Crippen LogP contribution in [0.25, 0.3) is 22.3 Å². The summed E-state index contributed by atoms with van der Waals surface area (Å²) in [4.78, 5) is 15.3. The van der Waals surface area contributed by atoms with Gasteiger partial charge in [-0.3, -0.25) is 9.69 Å². The van der Waals surface area contributed by atoms with E-state index in [1.54, 1.807) is 0 Å². The largest absolute Gasteiger partial charge is 0.507 e. The van der Waals surface area contributed by atoms with Crippen LogP contribution in [0.5, 0.6) is 11.5 Å². The van der Waals surface area contributed by atoms with E-state index in [9.17, 15) is 9.90 Å². The van der Waals surface area contributed by atoms with Crippen LogP contribution < -0.4 is 10.2 Å². The van der Waals surface area contributed by atoms with Gasteiger partial charge in [-0.2, -0.15) is 0 Å². The van der Waals surface area contributed by atoms with E-state index in [1.807, 2.05) is 30.3 Å². The van der Waals surface area contributed by atoms with Crippen molar-refractivity contribution in [1.82, 2.24) is 4.90 Å². The first-order chi connectivity index (χ1) is 13.6. The molecule has 2 heterocycles. The lowest BCUT2D eigenvalue weighted by molar-refractivity contribution is 0.151. The number of ether oxygens (including phenoxy) is 1. The third-order valence-electron chi connectivity index (χ3n) is 5.63. The van der Waals surface area contributed by atoms with Gasteiger partial charge in [0.1, 0.15) is 22.6 Å². The summed E-state index contributed by atoms with van der Waals surface area (Å²) in [6.45, 7) is 3.71. The molecule has 0 bridgehead atoms. The van der Waals surface area contributed by atoms with Gasteiger partial charge >= 0.3 is 0 Å². The molecule has 146 valence electrons. The van der Waals surface area contributed by atoms with E-state index < -0.39 is 0 Å². The summed E-state index contributed by atoms with van der Waals surface area (Å²) in [7, 11) is 1.49. The number of fused-ring (bicyclic) bond motifs is 1. The van der Waals surface area contributed by atoms with Crippen LogP contribution in [0.15, 0.2) is 51.7 Å². The van der Waals surface area contributed by atoms with Crippen molar-refractivity contribution in [2.24, 2.45) is 0 Å². The number of hydrogen-bond acceptors (Lipinski definition) is 5. The zero-order valence-electron chi connectivity index (χ0n) is 16.3. The van der Waals surface area contributed by atoms with Gasteiger partial charge in [-0.25, -0.2) is 0 Å². The number of likely N-dealkylation sites (tertiary alicyclic amines) is 1. The number of nitrogens with zero attached hydrogens (tertiary/aromatic N) is 1. The van der Waals surface area contributed by atoms with E-state index in [0.717, 1.165) is 24.9 Å². The summed E-state index contributed by atoms with van der Waals surface area (Å²) >= 11 is 0. The molecule has 0 spiro atoms. The SMILES string of the molecule is COc1cc(O)c(CN2CCCC[C@@H]2C)c2oc(-c3ccccc3)cc(=O)c12. The summed E-state index contributed by atoms with van der Waals surface area (Å²) in [5.41, 5.74) is 1.69. The smallest absolute Gasteiger partial charge is 0.197 e. The standard InChI is InChI=1S/C23H25NO4/c1-15-8-6-7-11-24(15)14-17-18(25)12-21(27-2)22-19(26)13-20(28-23(17)22)16-9-4-3-5-10-16/h3-5,9-10,12-13,15,25H,6-8,11,14H2,1-2H3/t15-/m0/s1. The fraction of sp³-hybridized carbons (Fsp3) is 0.348. The summed E-state index contributed by atoms with van der Waals surface area (Å²) in [5, 5.41) is 11.1. The Kier molecular flexibility index (Phi) is 5.09. The fourth-order valence-electron chi connectivity index (χ4n) is 3.99. The van der Waals surface area contributed by atoms with Gasteiger partial charge in [0.25, 0.3) is 0 Å². The second kappa shape index (κ2) is 7.68. The maximum atomic E-state index is 12.9. The van der Waals surface area contributed by atoms with Gasteiger partial charge in [0, 0.05) is 30.3 Å². The number of benzene rings is 2. The van der Waals surface area contributed by atoms with Gasteiger partial charge < -0.3 is 14.3 Å². The highest BCUT2D eigenvalue weighted by Gasteiger charge is 2.24. The van der Waals surface area contributed by atoms with Gasteiger partial charge in [-0.15, -0.1) is 0 Å². The molecular formula is C23H25NO4. The lowest BCUT2D eigenvalue weighted by atomic mass is 10.0. The van der Waals surface area contributed by atoms with Crippen LogP contribution in [-0.2, 0) is 6.54 Å². The van der Waals surface area contributed by atoms with Crippen molar-refractivity contribution in [3.05, 3.63) is 58.3 Å². The van der Waals surface area contributed by atoms with Gasteiger partial charge in [-0.05, 0) is 26.3 Å². The summed E-state index contributed by atoms with van der Waals surface area (Å²) in [6, 6.07) is 13.0. The molecule has 4 rings (SSSR count). The van der Waals surface area contributed by atoms with Gasteiger partial charge in [0.05, 0.1) is 12.7 Å². The molecule has 0 amide bonds. The Bertz CT molecular complexity index is 1040. The zero-order valence-corrected chi connectivity index (χ0v) is 16.3. The van der Waals surface area contributed by atoms with Gasteiger partial charge in [0.15, 0.2) is 11.0 Å². The van der Waals surface area contributed by atoms with Crippen LogP contribution in [0.1, 0.15) is 31.7 Å². The third-order valence-corrected chi connectivity index (χ3v) is 5.63. The first-order valence-electron chi connectivity index (χ1n) is 9.74. The Morgan fingerprint density at radius 2 is 2.00 bits per heavy atom. The van der Waals surface area contributed by atoms with E-state index in [0.29, 0.717) is 40.6 Å². The number of phenols is 1. The van der Waals surface area contributed by atoms with Crippen LogP contribution in [-0.4, -0.2) is 29.7 Å². The monoisotopic (exact) mass is 379 g/mol. The maximum absolute atomic E-state index is 12.9. The van der Waals surface area contributed by atoms with Crippen LogP contribution in [0.4, 0.5) is 0 Å². The van der Waals surface area contributed by atoms with Crippen LogP contribution in [0.3, 0.4) is 0 Å². The van der Waals surface area contributed by atoms with Crippen molar-refractivity contribution in [2.45, 2.75) is 38.8 Å². The van der Waals surface area contributed by atoms with E-state index >= 15 is 0 Å². The molecule has 0 unspecified atom stereocenters. The average Bonchev–Trinajstić information content (AvgIpc) is 2.71. The Morgan fingerprint density at radius 1 is 1.21 bits per heavy atom. The van der Waals surface area contributed by atoms with Crippen molar-refractivity contribution in [1.29, 1.82) is 0 Å². The Morgan fingerprint density at radius 3 is 2.71 bits per heavy atom. The molecule has 1 aliphatic rings. The summed E-state index contributed by atoms with van der Waals surface area (Å²) < 4.78 is 11.6. The number of methoxy groups -OCH3 is 1. The lowest BCUT2D eigenvalue weighted by Gasteiger charge is -2.33. The Hall–Kier alpha value is -2.79. The van der Waals surface area contributed by atoms with Crippen molar-refractivity contribution < 1.29 is 14.3 Å². The molecular weight excluding hydrogens is 354 g/mol. The van der Waals surface area contributed by atoms with Crippen molar-refractivity contribution in [2.75, 3.05) is 13.7 Å². The second-order valence-electron chi connectivity index (χ2n) is 7.44. The molecule has 1 aromatic heterocycles. The predicted molar refractivity (Wildman–Crippen MR) is 110 cm³/mol. The Balaban J connectivity index is 1.91. The van der Waals surface area contributed by atoms with Crippen LogP contribution in [0, 0.1) is 0 Å². The first-order valence-corrected chi connectivity index (χ1v) is 9.74. The summed E-state index contributed by atoms with van der Waals surface area (Å²) in [6.07, 6.45) is 3.49. The quantitative estimate of drug-likeness (QED) is 0.721.